The van der Waals surface area contributed by atoms with Gasteiger partial charge in [0, 0.05) is 38.7 Å². The Bertz CT molecular complexity index is 381. The van der Waals surface area contributed by atoms with Crippen LogP contribution in [0.3, 0.4) is 0 Å². The molecule has 0 saturated heterocycles. The number of aryl methyl sites for hydroxylation is 1. The first-order valence-electron chi connectivity index (χ1n) is 7.30. The van der Waals surface area contributed by atoms with Gasteiger partial charge in [0.25, 0.3) is 0 Å². The van der Waals surface area contributed by atoms with Gasteiger partial charge in [-0.1, -0.05) is 13.8 Å². The van der Waals surface area contributed by atoms with Crippen LogP contribution in [-0.4, -0.2) is 47.6 Å². The van der Waals surface area contributed by atoms with Crippen molar-refractivity contribution in [2.75, 3.05) is 37.3 Å². The third-order valence-corrected chi connectivity index (χ3v) is 3.52. The largest absolute Gasteiger partial charge is 0.373 e. The maximum absolute atomic E-state index is 4.50. The van der Waals surface area contributed by atoms with Crippen LogP contribution in [0.5, 0.6) is 0 Å². The highest BCUT2D eigenvalue weighted by Gasteiger charge is 2.27. The van der Waals surface area contributed by atoms with Crippen LogP contribution in [0.1, 0.15) is 32.5 Å². The molecule has 1 aromatic rings. The van der Waals surface area contributed by atoms with Crippen molar-refractivity contribution in [1.29, 1.82) is 0 Å². The normalized spacial score (nSPS) is 14.7. The van der Waals surface area contributed by atoms with Gasteiger partial charge in [-0.3, -0.25) is 4.90 Å². The van der Waals surface area contributed by atoms with Crippen LogP contribution < -0.4 is 10.6 Å². The molecule has 5 nitrogen and oxygen atoms in total. The molecule has 2 N–H and O–H groups in total. The van der Waals surface area contributed by atoms with Crippen LogP contribution in [0, 0.1) is 0 Å². The number of rotatable bonds is 8. The van der Waals surface area contributed by atoms with Crippen LogP contribution in [-0.2, 0) is 6.42 Å². The van der Waals surface area contributed by atoms with Crippen LogP contribution in [0.2, 0.25) is 0 Å². The van der Waals surface area contributed by atoms with Crippen molar-refractivity contribution in [2.45, 2.75) is 39.2 Å². The maximum Gasteiger partial charge on any atom is 0.132 e. The van der Waals surface area contributed by atoms with Crippen molar-refractivity contribution in [3.63, 3.8) is 0 Å². The first-order chi connectivity index (χ1) is 9.26. The highest BCUT2D eigenvalue weighted by Crippen LogP contribution is 2.26. The Morgan fingerprint density at radius 1 is 1.26 bits per heavy atom. The molecule has 0 unspecified atom stereocenters. The van der Waals surface area contributed by atoms with Gasteiger partial charge in [0.1, 0.15) is 17.5 Å². The Hall–Kier alpha value is -1.36. The van der Waals surface area contributed by atoms with E-state index in [1.54, 1.807) is 0 Å². The molecular formula is C14H25N5. The lowest BCUT2D eigenvalue weighted by molar-refractivity contribution is 0.289. The molecular weight excluding hydrogens is 238 g/mol. The molecule has 1 saturated carbocycles. The number of likely N-dealkylation sites (N-methyl/N-ethyl adjacent to an activating group) is 1. The fraction of sp³-hybridized carbons (Fsp3) is 0.714. The molecule has 1 heterocycles. The Morgan fingerprint density at radius 3 is 2.58 bits per heavy atom. The van der Waals surface area contributed by atoms with E-state index in [0.29, 0.717) is 0 Å². The average molecular weight is 263 g/mol. The first-order valence-corrected chi connectivity index (χ1v) is 7.30. The second-order valence-corrected chi connectivity index (χ2v) is 4.94. The molecule has 1 aliphatic carbocycles. The smallest absolute Gasteiger partial charge is 0.132 e. The van der Waals surface area contributed by atoms with E-state index < -0.39 is 0 Å². The maximum atomic E-state index is 4.50. The molecule has 0 aliphatic heterocycles. The zero-order valence-electron chi connectivity index (χ0n) is 12.2. The Kier molecular flexibility index (Phi) is 4.96. The summed E-state index contributed by atoms with van der Waals surface area (Å²) < 4.78 is 0. The van der Waals surface area contributed by atoms with Crippen LogP contribution in [0.25, 0.3) is 0 Å². The van der Waals surface area contributed by atoms with E-state index in [9.17, 15) is 0 Å². The second-order valence-electron chi connectivity index (χ2n) is 4.94. The minimum Gasteiger partial charge on any atom is -0.373 e. The molecule has 1 aliphatic rings. The molecule has 1 aromatic heterocycles. The quantitative estimate of drug-likeness (QED) is 0.751. The predicted molar refractivity (Wildman–Crippen MR) is 79.7 cm³/mol. The van der Waals surface area contributed by atoms with Crippen LogP contribution in [0.15, 0.2) is 6.07 Å². The van der Waals surface area contributed by atoms with Gasteiger partial charge in [0.15, 0.2) is 0 Å². The van der Waals surface area contributed by atoms with Gasteiger partial charge >= 0.3 is 0 Å². The number of anilines is 2. The van der Waals surface area contributed by atoms with Gasteiger partial charge < -0.3 is 10.6 Å². The predicted octanol–water partition coefficient (Wildman–Crippen LogP) is 1.98. The molecule has 0 aromatic carbocycles. The fourth-order valence-electron chi connectivity index (χ4n) is 2.24. The minimum atomic E-state index is 0.830. The minimum absolute atomic E-state index is 0.830. The lowest BCUT2D eigenvalue weighted by Gasteiger charge is -2.20. The second kappa shape index (κ2) is 6.70. The van der Waals surface area contributed by atoms with E-state index >= 15 is 0 Å². The zero-order valence-corrected chi connectivity index (χ0v) is 12.2. The van der Waals surface area contributed by atoms with Gasteiger partial charge in [0.2, 0.25) is 0 Å². The number of nitrogens with one attached hydrogen (secondary N) is 2. The summed E-state index contributed by atoms with van der Waals surface area (Å²) in [6.45, 7) is 7.47. The van der Waals surface area contributed by atoms with E-state index in [-0.39, 0.29) is 0 Å². The topological polar surface area (TPSA) is 53.1 Å². The molecule has 5 heteroatoms. The summed E-state index contributed by atoms with van der Waals surface area (Å²) in [5.74, 6) is 2.68. The van der Waals surface area contributed by atoms with E-state index in [0.717, 1.165) is 49.6 Å². The van der Waals surface area contributed by atoms with Crippen LogP contribution >= 0.6 is 0 Å². The Balaban J connectivity index is 1.87. The van der Waals surface area contributed by atoms with E-state index in [4.69, 9.17) is 0 Å². The Labute approximate surface area is 115 Å². The monoisotopic (exact) mass is 263 g/mol. The molecule has 0 spiro atoms. The van der Waals surface area contributed by atoms with Gasteiger partial charge in [-0.2, -0.15) is 0 Å². The molecule has 0 radical (unpaired) electrons. The van der Waals surface area contributed by atoms with Gasteiger partial charge in [-0.05, 0) is 19.4 Å². The van der Waals surface area contributed by atoms with Crippen molar-refractivity contribution in [1.82, 2.24) is 14.9 Å². The van der Waals surface area contributed by atoms with E-state index in [2.05, 4.69) is 39.3 Å². The molecule has 1 fully saturated rings. The molecule has 2 rings (SSSR count). The summed E-state index contributed by atoms with van der Waals surface area (Å²) in [6.07, 6.45) is 3.59. The highest BCUT2D eigenvalue weighted by molar-refractivity contribution is 5.47. The summed E-state index contributed by atoms with van der Waals surface area (Å²) in [6, 6.07) is 2.79. The molecule has 19 heavy (non-hydrogen) atoms. The van der Waals surface area contributed by atoms with Crippen molar-refractivity contribution in [2.24, 2.45) is 0 Å². The van der Waals surface area contributed by atoms with Crippen LogP contribution in [0.4, 0.5) is 11.6 Å². The van der Waals surface area contributed by atoms with E-state index in [1.165, 1.54) is 12.8 Å². The van der Waals surface area contributed by atoms with E-state index in [1.807, 2.05) is 13.1 Å². The third-order valence-electron chi connectivity index (χ3n) is 3.52. The molecule has 0 amide bonds. The zero-order chi connectivity index (χ0) is 13.7. The van der Waals surface area contributed by atoms with Gasteiger partial charge in [-0.25, -0.2) is 9.97 Å². The highest BCUT2D eigenvalue weighted by atomic mass is 15.2. The summed E-state index contributed by atoms with van der Waals surface area (Å²) in [5.41, 5.74) is 0. The average Bonchev–Trinajstić information content (AvgIpc) is 3.27. The first kappa shape index (κ1) is 14.1. The summed E-state index contributed by atoms with van der Waals surface area (Å²) in [7, 11) is 1.89. The molecule has 106 valence electrons. The van der Waals surface area contributed by atoms with Crippen molar-refractivity contribution >= 4 is 11.6 Å². The van der Waals surface area contributed by atoms with Gasteiger partial charge in [0.05, 0.1) is 0 Å². The number of nitrogens with zero attached hydrogens (tertiary/aromatic N) is 3. The summed E-state index contributed by atoms with van der Waals surface area (Å²) in [4.78, 5) is 11.4. The van der Waals surface area contributed by atoms with Crippen molar-refractivity contribution in [3.05, 3.63) is 11.9 Å². The number of hydrogen-bond acceptors (Lipinski definition) is 5. The standard InChI is InChI=1S/C14H25N5/c1-4-12-17-13(15-3)10-14(18-12)16-8-9-19(5-2)11-6-7-11/h10-11H,4-9H2,1-3H3,(H2,15,16,17,18). The Morgan fingerprint density at radius 2 is 2.00 bits per heavy atom. The summed E-state index contributed by atoms with van der Waals surface area (Å²) >= 11 is 0. The third kappa shape index (κ3) is 4.06. The SMILES string of the molecule is CCc1nc(NC)cc(NCCN(CC)C2CC2)n1. The molecule has 0 atom stereocenters. The van der Waals surface area contributed by atoms with Crippen molar-refractivity contribution < 1.29 is 0 Å². The molecule has 0 bridgehead atoms. The van der Waals surface area contributed by atoms with Gasteiger partial charge in [-0.15, -0.1) is 0 Å². The lowest BCUT2D eigenvalue weighted by atomic mass is 10.4. The number of hydrogen-bond donors (Lipinski definition) is 2. The lowest BCUT2D eigenvalue weighted by Crippen LogP contribution is -2.31. The fourth-order valence-corrected chi connectivity index (χ4v) is 2.24. The van der Waals surface area contributed by atoms with Crippen molar-refractivity contribution in [3.8, 4) is 0 Å². The number of aromatic nitrogens is 2. The summed E-state index contributed by atoms with van der Waals surface area (Å²) in [5, 5.41) is 6.49.